The van der Waals surface area contributed by atoms with Crippen molar-refractivity contribution in [3.63, 3.8) is 0 Å². The second kappa shape index (κ2) is 7.31. The second-order valence-electron chi connectivity index (χ2n) is 4.76. The maximum atomic E-state index is 12.7. The molecule has 21 heavy (non-hydrogen) atoms. The number of hydrogen-bond donors (Lipinski definition) is 1. The average Bonchev–Trinajstić information content (AvgIpc) is 2.47. The number of halogens is 1. The number of nitrogens with zero attached hydrogens (tertiary/aromatic N) is 1. The fourth-order valence-corrected chi connectivity index (χ4v) is 3.88. The predicted octanol–water partition coefficient (Wildman–Crippen LogP) is 1.24. The van der Waals surface area contributed by atoms with E-state index < -0.39 is 10.0 Å². The van der Waals surface area contributed by atoms with Crippen LogP contribution in [0.25, 0.3) is 0 Å². The minimum absolute atomic E-state index is 0. The molecule has 1 aromatic carbocycles. The number of hydrogen-bond acceptors (Lipinski definition) is 5. The Hall–Kier alpha value is -1.02. The lowest BCUT2D eigenvalue weighted by Crippen LogP contribution is -2.42. The Bertz CT molecular complexity index is 572. The summed E-state index contributed by atoms with van der Waals surface area (Å²) in [5.41, 5.74) is 5.81. The third-order valence-electron chi connectivity index (χ3n) is 3.49. The van der Waals surface area contributed by atoms with Gasteiger partial charge in [0, 0.05) is 25.2 Å². The van der Waals surface area contributed by atoms with Gasteiger partial charge in [-0.2, -0.15) is 4.31 Å². The van der Waals surface area contributed by atoms with Gasteiger partial charge in [0.25, 0.3) is 0 Å². The van der Waals surface area contributed by atoms with Crippen molar-refractivity contribution in [1.82, 2.24) is 4.31 Å². The van der Waals surface area contributed by atoms with Gasteiger partial charge in [-0.1, -0.05) is 0 Å². The second-order valence-corrected chi connectivity index (χ2v) is 6.66. The Labute approximate surface area is 131 Å². The summed E-state index contributed by atoms with van der Waals surface area (Å²) in [6.07, 6.45) is 1.34. The van der Waals surface area contributed by atoms with Crippen LogP contribution in [0.1, 0.15) is 12.8 Å². The van der Waals surface area contributed by atoms with Gasteiger partial charge in [0.2, 0.25) is 10.0 Å². The highest BCUT2D eigenvalue weighted by molar-refractivity contribution is 7.89. The van der Waals surface area contributed by atoms with Crippen LogP contribution in [0.15, 0.2) is 23.1 Å². The highest BCUT2D eigenvalue weighted by atomic mass is 35.5. The summed E-state index contributed by atoms with van der Waals surface area (Å²) in [5.74, 6) is 0.804. The van der Waals surface area contributed by atoms with Crippen molar-refractivity contribution in [2.24, 2.45) is 5.73 Å². The molecule has 0 spiro atoms. The van der Waals surface area contributed by atoms with Crippen molar-refractivity contribution < 1.29 is 17.9 Å². The van der Waals surface area contributed by atoms with Crippen LogP contribution in [0, 0.1) is 0 Å². The predicted molar refractivity (Wildman–Crippen MR) is 82.8 cm³/mol. The lowest BCUT2D eigenvalue weighted by molar-refractivity contribution is 0.317. The van der Waals surface area contributed by atoms with Gasteiger partial charge in [0.05, 0.1) is 14.2 Å². The van der Waals surface area contributed by atoms with E-state index in [9.17, 15) is 8.42 Å². The molecule has 0 atom stereocenters. The van der Waals surface area contributed by atoms with Crippen LogP contribution < -0.4 is 15.2 Å². The van der Waals surface area contributed by atoms with E-state index in [1.165, 1.54) is 24.6 Å². The van der Waals surface area contributed by atoms with Crippen molar-refractivity contribution in [2.45, 2.75) is 23.8 Å². The van der Waals surface area contributed by atoms with Crippen LogP contribution in [0.2, 0.25) is 0 Å². The van der Waals surface area contributed by atoms with E-state index in [0.717, 1.165) is 0 Å². The van der Waals surface area contributed by atoms with Gasteiger partial charge < -0.3 is 15.2 Å². The number of ether oxygens (including phenoxy) is 2. The van der Waals surface area contributed by atoms with Gasteiger partial charge in [-0.05, 0) is 25.0 Å². The van der Waals surface area contributed by atoms with Crippen LogP contribution in [0.3, 0.4) is 0 Å². The summed E-state index contributed by atoms with van der Waals surface area (Å²) in [6.45, 7) is 0.869. The monoisotopic (exact) mass is 336 g/mol. The maximum absolute atomic E-state index is 12.7. The molecular weight excluding hydrogens is 316 g/mol. The molecule has 0 unspecified atom stereocenters. The summed E-state index contributed by atoms with van der Waals surface area (Å²) in [5, 5.41) is 0. The third-order valence-corrected chi connectivity index (χ3v) is 5.41. The quantitative estimate of drug-likeness (QED) is 0.894. The van der Waals surface area contributed by atoms with Gasteiger partial charge in [0.1, 0.15) is 16.4 Å². The fourth-order valence-electron chi connectivity index (χ4n) is 2.24. The maximum Gasteiger partial charge on any atom is 0.246 e. The van der Waals surface area contributed by atoms with E-state index in [1.807, 2.05) is 0 Å². The number of sulfonamides is 1. The van der Waals surface area contributed by atoms with Gasteiger partial charge in [-0.15, -0.1) is 12.4 Å². The number of rotatable bonds is 4. The molecule has 8 heteroatoms. The van der Waals surface area contributed by atoms with Crippen molar-refractivity contribution in [3.8, 4) is 11.5 Å². The highest BCUT2D eigenvalue weighted by Gasteiger charge is 2.31. The molecule has 1 aliphatic rings. The fraction of sp³-hybridized carbons (Fsp3) is 0.538. The average molecular weight is 337 g/mol. The molecule has 1 aromatic rings. The molecule has 0 bridgehead atoms. The Morgan fingerprint density at radius 2 is 1.81 bits per heavy atom. The molecule has 1 fully saturated rings. The Morgan fingerprint density at radius 1 is 1.19 bits per heavy atom. The van der Waals surface area contributed by atoms with Gasteiger partial charge in [0.15, 0.2) is 0 Å². The van der Waals surface area contributed by atoms with E-state index in [4.69, 9.17) is 15.2 Å². The largest absolute Gasteiger partial charge is 0.497 e. The first kappa shape index (κ1) is 18.0. The molecule has 1 aliphatic heterocycles. The molecule has 2 rings (SSSR count). The van der Waals surface area contributed by atoms with Crippen molar-refractivity contribution in [1.29, 1.82) is 0 Å². The van der Waals surface area contributed by atoms with Gasteiger partial charge in [-0.3, -0.25) is 0 Å². The summed E-state index contributed by atoms with van der Waals surface area (Å²) in [7, 11) is -0.639. The van der Waals surface area contributed by atoms with Crippen LogP contribution in [-0.2, 0) is 10.0 Å². The summed E-state index contributed by atoms with van der Waals surface area (Å²) in [6, 6.07) is 4.84. The molecule has 1 heterocycles. The Balaban J connectivity index is 0.00000220. The SMILES string of the molecule is COc1ccc(OC)c(S(=O)(=O)N2CCC(N)CC2)c1.Cl. The van der Waals surface area contributed by atoms with E-state index in [0.29, 0.717) is 37.4 Å². The minimum Gasteiger partial charge on any atom is -0.497 e. The van der Waals surface area contributed by atoms with Crippen molar-refractivity contribution in [3.05, 3.63) is 18.2 Å². The van der Waals surface area contributed by atoms with Crippen LogP contribution in [0.4, 0.5) is 0 Å². The van der Waals surface area contributed by atoms with E-state index >= 15 is 0 Å². The van der Waals surface area contributed by atoms with E-state index in [-0.39, 0.29) is 23.3 Å². The molecular formula is C13H21ClN2O4S. The first-order valence-corrected chi connectivity index (χ1v) is 7.91. The van der Waals surface area contributed by atoms with Gasteiger partial charge >= 0.3 is 0 Å². The normalized spacial score (nSPS) is 17.1. The van der Waals surface area contributed by atoms with Crippen LogP contribution in [-0.4, -0.2) is 46.1 Å². The summed E-state index contributed by atoms with van der Waals surface area (Å²) in [4.78, 5) is 0.134. The van der Waals surface area contributed by atoms with Crippen molar-refractivity contribution >= 4 is 22.4 Å². The molecule has 0 radical (unpaired) electrons. The number of nitrogens with two attached hydrogens (primary N) is 1. The molecule has 0 saturated carbocycles. The molecule has 0 aromatic heterocycles. The zero-order valence-corrected chi connectivity index (χ0v) is 13.7. The zero-order valence-electron chi connectivity index (χ0n) is 12.1. The molecule has 1 saturated heterocycles. The summed E-state index contributed by atoms with van der Waals surface area (Å²) >= 11 is 0. The Kier molecular flexibility index (Phi) is 6.27. The summed E-state index contributed by atoms with van der Waals surface area (Å²) < 4.78 is 37.1. The lowest BCUT2D eigenvalue weighted by atomic mass is 10.1. The molecule has 0 amide bonds. The molecule has 120 valence electrons. The first-order valence-electron chi connectivity index (χ1n) is 6.47. The zero-order chi connectivity index (χ0) is 14.8. The topological polar surface area (TPSA) is 81.9 Å². The minimum atomic E-state index is -3.59. The van der Waals surface area contributed by atoms with Crippen LogP contribution >= 0.6 is 12.4 Å². The van der Waals surface area contributed by atoms with Gasteiger partial charge in [-0.25, -0.2) is 8.42 Å². The van der Waals surface area contributed by atoms with E-state index in [2.05, 4.69) is 0 Å². The highest BCUT2D eigenvalue weighted by Crippen LogP contribution is 2.31. The Morgan fingerprint density at radius 3 is 2.33 bits per heavy atom. The standard InChI is InChI=1S/C13H20N2O4S.ClH/c1-18-11-3-4-12(19-2)13(9-11)20(16,17)15-7-5-10(14)6-8-15;/h3-4,9-10H,5-8,14H2,1-2H3;1H. The molecule has 2 N–H and O–H groups in total. The number of benzene rings is 1. The lowest BCUT2D eigenvalue weighted by Gasteiger charge is -2.29. The number of piperidine rings is 1. The molecule has 6 nitrogen and oxygen atoms in total. The molecule has 0 aliphatic carbocycles. The first-order chi connectivity index (χ1) is 9.48. The third kappa shape index (κ3) is 3.79. The number of methoxy groups -OCH3 is 2. The van der Waals surface area contributed by atoms with Crippen molar-refractivity contribution in [2.75, 3.05) is 27.3 Å². The smallest absolute Gasteiger partial charge is 0.246 e. The van der Waals surface area contributed by atoms with E-state index in [1.54, 1.807) is 12.1 Å². The van der Waals surface area contributed by atoms with Crippen LogP contribution in [0.5, 0.6) is 11.5 Å².